The molecule has 3 heterocycles. The molecule has 1 atom stereocenters. The van der Waals surface area contributed by atoms with Crippen LogP contribution in [0.15, 0.2) is 30.3 Å². The third kappa shape index (κ3) is 3.90. The summed E-state index contributed by atoms with van der Waals surface area (Å²) >= 11 is 0. The molecule has 2 N–H and O–H groups in total. The van der Waals surface area contributed by atoms with Crippen LogP contribution in [0.5, 0.6) is 0 Å². The van der Waals surface area contributed by atoms with Crippen molar-refractivity contribution in [2.45, 2.75) is 51.6 Å². The van der Waals surface area contributed by atoms with Gasteiger partial charge in [0.15, 0.2) is 0 Å². The zero-order chi connectivity index (χ0) is 20.8. The summed E-state index contributed by atoms with van der Waals surface area (Å²) in [5.74, 6) is -1.18. The molecule has 3 nitrogen and oxygen atoms in total. The molecular formula is C23H26F3N3. The number of piperidine rings is 1. The lowest BCUT2D eigenvalue weighted by atomic mass is 9.87. The molecule has 1 aliphatic heterocycles. The van der Waals surface area contributed by atoms with Crippen molar-refractivity contribution >= 4 is 10.9 Å². The van der Waals surface area contributed by atoms with Gasteiger partial charge < -0.3 is 10.3 Å². The molecule has 0 amide bonds. The first-order chi connectivity index (χ1) is 13.7. The van der Waals surface area contributed by atoms with Crippen LogP contribution >= 0.6 is 0 Å². The van der Waals surface area contributed by atoms with Crippen LogP contribution in [-0.4, -0.2) is 29.2 Å². The van der Waals surface area contributed by atoms with Crippen LogP contribution in [0.3, 0.4) is 0 Å². The summed E-state index contributed by atoms with van der Waals surface area (Å²) in [6, 6.07) is 9.66. The third-order valence-electron chi connectivity index (χ3n) is 5.97. The number of aromatic amines is 1. The van der Waals surface area contributed by atoms with Gasteiger partial charge in [-0.1, -0.05) is 6.07 Å². The van der Waals surface area contributed by atoms with Gasteiger partial charge in [-0.2, -0.15) is 13.2 Å². The summed E-state index contributed by atoms with van der Waals surface area (Å²) < 4.78 is 41.4. The minimum Gasteiger partial charge on any atom is -0.354 e. The Balaban J connectivity index is 1.92. The maximum Gasteiger partial charge on any atom is 0.395 e. The Bertz CT molecular complexity index is 1010. The zero-order valence-corrected chi connectivity index (χ0v) is 17.0. The number of hydrogen-bond donors (Lipinski definition) is 2. The van der Waals surface area contributed by atoms with Gasteiger partial charge in [0.25, 0.3) is 0 Å². The van der Waals surface area contributed by atoms with Crippen molar-refractivity contribution in [2.75, 3.05) is 13.1 Å². The highest BCUT2D eigenvalue weighted by molar-refractivity contribution is 5.92. The first-order valence-electron chi connectivity index (χ1n) is 10.1. The lowest BCUT2D eigenvalue weighted by Gasteiger charge is -2.23. The monoisotopic (exact) mass is 401 g/mol. The first kappa shape index (κ1) is 20.0. The molecule has 1 fully saturated rings. The van der Waals surface area contributed by atoms with E-state index in [1.54, 1.807) is 0 Å². The maximum absolute atomic E-state index is 13.8. The molecule has 154 valence electrons. The second kappa shape index (κ2) is 7.48. The number of H-pyrrole nitrogens is 1. The number of nitrogens with one attached hydrogen (secondary N) is 2. The molecule has 0 radical (unpaired) electrons. The second-order valence-corrected chi connectivity index (χ2v) is 8.14. The molecule has 0 saturated carbocycles. The Labute approximate surface area is 168 Å². The van der Waals surface area contributed by atoms with Crippen molar-refractivity contribution in [1.82, 2.24) is 15.3 Å². The summed E-state index contributed by atoms with van der Waals surface area (Å²) in [6.45, 7) is 6.87. The Hall–Kier alpha value is -2.34. The van der Waals surface area contributed by atoms with Gasteiger partial charge in [-0.25, -0.2) is 0 Å². The fraction of sp³-hybridized carbons (Fsp3) is 0.435. The third-order valence-corrected chi connectivity index (χ3v) is 5.97. The minimum absolute atomic E-state index is 0.327. The van der Waals surface area contributed by atoms with Gasteiger partial charge in [-0.05, 0) is 88.0 Å². The Morgan fingerprint density at radius 1 is 1.03 bits per heavy atom. The normalized spacial score (nSPS) is 17.0. The van der Waals surface area contributed by atoms with E-state index >= 15 is 0 Å². The van der Waals surface area contributed by atoms with Crippen LogP contribution in [0.1, 0.15) is 54.1 Å². The van der Waals surface area contributed by atoms with Crippen LogP contribution < -0.4 is 5.32 Å². The molecule has 1 unspecified atom stereocenters. The largest absolute Gasteiger partial charge is 0.395 e. The van der Waals surface area contributed by atoms with E-state index in [1.165, 1.54) is 6.92 Å². The molecule has 6 heteroatoms. The molecule has 3 aromatic rings. The molecule has 1 aliphatic rings. The van der Waals surface area contributed by atoms with Gasteiger partial charge in [0, 0.05) is 27.9 Å². The number of hydrogen-bond acceptors (Lipinski definition) is 2. The average Bonchev–Trinajstić information content (AvgIpc) is 3.05. The number of benzene rings is 1. The maximum atomic E-state index is 13.8. The molecule has 2 aromatic heterocycles. The molecule has 1 saturated heterocycles. The van der Waals surface area contributed by atoms with E-state index in [0.29, 0.717) is 22.6 Å². The van der Waals surface area contributed by atoms with E-state index in [9.17, 15) is 13.2 Å². The Kier molecular flexibility index (Phi) is 5.15. The SMILES string of the molecule is Cc1cc(-c2[nH]c3ccc(C4CCNCC4)cc3c2C(C)C(F)(F)F)cc(C)n1. The number of aryl methyl sites for hydroxylation is 2. The lowest BCUT2D eigenvalue weighted by Crippen LogP contribution is -2.26. The number of alkyl halides is 3. The van der Waals surface area contributed by atoms with Gasteiger partial charge in [-0.15, -0.1) is 0 Å². The van der Waals surface area contributed by atoms with Gasteiger partial charge in [0.2, 0.25) is 0 Å². The number of rotatable bonds is 3. The fourth-order valence-electron chi connectivity index (χ4n) is 4.46. The highest BCUT2D eigenvalue weighted by Gasteiger charge is 2.40. The molecule has 0 bridgehead atoms. The Morgan fingerprint density at radius 2 is 1.69 bits per heavy atom. The summed E-state index contributed by atoms with van der Waals surface area (Å²) in [6.07, 6.45) is -2.29. The smallest absolute Gasteiger partial charge is 0.354 e. The molecular weight excluding hydrogens is 375 g/mol. The average molecular weight is 401 g/mol. The first-order valence-corrected chi connectivity index (χ1v) is 10.1. The summed E-state index contributed by atoms with van der Waals surface area (Å²) in [5, 5.41) is 4.02. The fourth-order valence-corrected chi connectivity index (χ4v) is 4.46. The standard InChI is InChI=1S/C23H26F3N3/c1-13-10-18(11-14(2)28-13)22-21(15(3)23(24,25)26)19-12-17(4-5-20(19)29-22)16-6-8-27-9-7-16/h4-5,10-12,15-16,27,29H,6-9H2,1-3H3. The van der Waals surface area contributed by atoms with Crippen molar-refractivity contribution in [2.24, 2.45) is 0 Å². The van der Waals surface area contributed by atoms with Crippen molar-refractivity contribution < 1.29 is 13.2 Å². The number of aromatic nitrogens is 2. The van der Waals surface area contributed by atoms with Crippen molar-refractivity contribution in [3.8, 4) is 11.3 Å². The molecule has 4 rings (SSSR count). The summed E-state index contributed by atoms with van der Waals surface area (Å²) in [5.41, 5.74) is 5.08. The predicted octanol–water partition coefficient (Wildman–Crippen LogP) is 5.98. The Morgan fingerprint density at radius 3 is 2.31 bits per heavy atom. The van der Waals surface area contributed by atoms with E-state index < -0.39 is 12.1 Å². The van der Waals surface area contributed by atoms with E-state index in [4.69, 9.17) is 0 Å². The van der Waals surface area contributed by atoms with Crippen LogP contribution in [0.2, 0.25) is 0 Å². The second-order valence-electron chi connectivity index (χ2n) is 8.14. The topological polar surface area (TPSA) is 40.7 Å². The molecule has 0 aliphatic carbocycles. The predicted molar refractivity (Wildman–Crippen MR) is 110 cm³/mol. The van der Waals surface area contributed by atoms with Crippen molar-refractivity contribution in [3.63, 3.8) is 0 Å². The minimum atomic E-state index is -4.31. The number of halogens is 3. The highest BCUT2D eigenvalue weighted by atomic mass is 19.4. The zero-order valence-electron chi connectivity index (χ0n) is 17.0. The van der Waals surface area contributed by atoms with Crippen LogP contribution in [0.25, 0.3) is 22.2 Å². The van der Waals surface area contributed by atoms with Crippen LogP contribution in [0.4, 0.5) is 13.2 Å². The number of fused-ring (bicyclic) bond motifs is 1. The van der Waals surface area contributed by atoms with Gasteiger partial charge in [0.05, 0.1) is 11.6 Å². The van der Waals surface area contributed by atoms with Gasteiger partial charge >= 0.3 is 6.18 Å². The molecule has 29 heavy (non-hydrogen) atoms. The summed E-state index contributed by atoms with van der Waals surface area (Å²) in [4.78, 5) is 7.65. The van der Waals surface area contributed by atoms with Crippen molar-refractivity contribution in [3.05, 3.63) is 52.8 Å². The van der Waals surface area contributed by atoms with Gasteiger partial charge in [0.1, 0.15) is 0 Å². The summed E-state index contributed by atoms with van der Waals surface area (Å²) in [7, 11) is 0. The van der Waals surface area contributed by atoms with Gasteiger partial charge in [-0.3, -0.25) is 4.98 Å². The van der Waals surface area contributed by atoms with E-state index in [1.807, 2.05) is 38.1 Å². The lowest BCUT2D eigenvalue weighted by molar-refractivity contribution is -0.145. The number of pyridine rings is 1. The molecule has 0 spiro atoms. The van der Waals surface area contributed by atoms with E-state index in [0.717, 1.165) is 54.0 Å². The van der Waals surface area contributed by atoms with E-state index in [-0.39, 0.29) is 0 Å². The van der Waals surface area contributed by atoms with Crippen molar-refractivity contribution in [1.29, 1.82) is 0 Å². The quantitative estimate of drug-likeness (QED) is 0.567. The molecule has 1 aromatic carbocycles. The van der Waals surface area contributed by atoms with Crippen LogP contribution in [0, 0.1) is 13.8 Å². The van der Waals surface area contributed by atoms with E-state index in [2.05, 4.69) is 21.4 Å². The van der Waals surface area contributed by atoms with Crippen LogP contribution in [-0.2, 0) is 0 Å². The number of nitrogens with zero attached hydrogens (tertiary/aromatic N) is 1. The highest BCUT2D eigenvalue weighted by Crippen LogP contribution is 2.44.